The van der Waals surface area contributed by atoms with Crippen molar-refractivity contribution in [3.8, 4) is 11.5 Å². The Bertz CT molecular complexity index is 1190. The van der Waals surface area contributed by atoms with Gasteiger partial charge in [-0.2, -0.15) is 0 Å². The van der Waals surface area contributed by atoms with Gasteiger partial charge in [0.15, 0.2) is 0 Å². The molecular formula is C44H72N4O3. The lowest BCUT2D eigenvalue weighted by Crippen LogP contribution is -2.44. The zero-order valence-corrected chi connectivity index (χ0v) is 32.8. The van der Waals surface area contributed by atoms with Crippen molar-refractivity contribution in [3.05, 3.63) is 59.7 Å². The first kappa shape index (κ1) is 40.0. The van der Waals surface area contributed by atoms with Gasteiger partial charge >= 0.3 is 0 Å². The van der Waals surface area contributed by atoms with Gasteiger partial charge in [-0.3, -0.25) is 0 Å². The Kier molecular flexibility index (Phi) is 16.9. The summed E-state index contributed by atoms with van der Waals surface area (Å²) in [5, 5.41) is 3.42. The molecule has 6 rings (SSSR count). The maximum absolute atomic E-state index is 6.00. The molecule has 0 bridgehead atoms. The molecule has 2 aromatic carbocycles. The number of ether oxygens (including phenoxy) is 3. The van der Waals surface area contributed by atoms with Crippen molar-refractivity contribution < 1.29 is 14.2 Å². The fourth-order valence-corrected chi connectivity index (χ4v) is 9.09. The van der Waals surface area contributed by atoms with Gasteiger partial charge in [-0.05, 0) is 146 Å². The molecule has 51 heavy (non-hydrogen) atoms. The molecule has 7 heteroatoms. The van der Waals surface area contributed by atoms with Crippen molar-refractivity contribution in [2.24, 2.45) is 0 Å². The van der Waals surface area contributed by atoms with Crippen LogP contribution in [0.5, 0.6) is 11.5 Å². The Labute approximate surface area is 311 Å². The molecule has 4 fully saturated rings. The number of likely N-dealkylation sites (tertiary alicyclic amines) is 2. The van der Waals surface area contributed by atoms with Gasteiger partial charge in [0.05, 0.1) is 13.2 Å². The van der Waals surface area contributed by atoms with Crippen LogP contribution in [0, 0.1) is 0 Å². The minimum absolute atomic E-state index is 0.221. The normalized spacial score (nSPS) is 20.6. The molecule has 1 saturated carbocycles. The molecule has 3 heterocycles. The highest BCUT2D eigenvalue weighted by Crippen LogP contribution is 2.40. The van der Waals surface area contributed by atoms with Gasteiger partial charge in [-0.25, -0.2) is 0 Å². The number of hydrogen-bond donors (Lipinski definition) is 1. The van der Waals surface area contributed by atoms with E-state index in [1.807, 2.05) is 0 Å². The van der Waals surface area contributed by atoms with Crippen LogP contribution in [-0.4, -0.2) is 114 Å². The number of hydrogen-bond acceptors (Lipinski definition) is 7. The molecule has 0 radical (unpaired) electrons. The number of rotatable bonds is 18. The van der Waals surface area contributed by atoms with Gasteiger partial charge in [0.2, 0.25) is 0 Å². The largest absolute Gasteiger partial charge is 0.494 e. The Morgan fingerprint density at radius 2 is 1.10 bits per heavy atom. The number of nitrogens with one attached hydrogen (secondary N) is 1. The van der Waals surface area contributed by atoms with Crippen molar-refractivity contribution in [2.45, 2.75) is 108 Å². The molecule has 0 unspecified atom stereocenters. The summed E-state index contributed by atoms with van der Waals surface area (Å²) < 4.78 is 17.6. The van der Waals surface area contributed by atoms with E-state index in [0.29, 0.717) is 5.41 Å². The summed E-state index contributed by atoms with van der Waals surface area (Å²) in [5.41, 5.74) is 3.49. The predicted molar refractivity (Wildman–Crippen MR) is 213 cm³/mol. The van der Waals surface area contributed by atoms with Crippen LogP contribution >= 0.6 is 0 Å². The zero-order chi connectivity index (χ0) is 35.6. The molecule has 4 aliphatic rings. The van der Waals surface area contributed by atoms with Crippen molar-refractivity contribution >= 4 is 0 Å². The van der Waals surface area contributed by atoms with Gasteiger partial charge in [0.25, 0.3) is 0 Å². The van der Waals surface area contributed by atoms with E-state index in [2.05, 4.69) is 89.4 Å². The van der Waals surface area contributed by atoms with Gasteiger partial charge < -0.3 is 34.2 Å². The van der Waals surface area contributed by atoms with Crippen molar-refractivity contribution in [2.75, 3.05) is 98.9 Å². The van der Waals surface area contributed by atoms with Gasteiger partial charge in [-0.1, -0.05) is 57.4 Å². The lowest BCUT2D eigenvalue weighted by atomic mass is 9.69. The lowest BCUT2D eigenvalue weighted by molar-refractivity contribution is 0.0352. The first-order valence-corrected chi connectivity index (χ1v) is 20.9. The maximum atomic E-state index is 6.00. The fourth-order valence-electron chi connectivity index (χ4n) is 9.09. The monoisotopic (exact) mass is 705 g/mol. The van der Waals surface area contributed by atoms with Crippen LogP contribution in [0.4, 0.5) is 0 Å². The average Bonchev–Trinajstić information content (AvgIpc) is 3.91. The smallest absolute Gasteiger partial charge is 0.119 e. The summed E-state index contributed by atoms with van der Waals surface area (Å²) in [6.07, 6.45) is 16.7. The summed E-state index contributed by atoms with van der Waals surface area (Å²) in [4.78, 5) is 7.65. The first-order valence-electron chi connectivity index (χ1n) is 20.9. The van der Waals surface area contributed by atoms with E-state index < -0.39 is 0 Å². The van der Waals surface area contributed by atoms with E-state index in [1.54, 1.807) is 0 Å². The summed E-state index contributed by atoms with van der Waals surface area (Å²) in [5.74, 6) is 2.03. The third-order valence-corrected chi connectivity index (χ3v) is 12.3. The van der Waals surface area contributed by atoms with E-state index in [-0.39, 0.29) is 5.41 Å². The third kappa shape index (κ3) is 12.2. The molecule has 1 N–H and O–H groups in total. The number of nitrogens with zero attached hydrogens (tertiary/aromatic N) is 3. The van der Waals surface area contributed by atoms with Crippen LogP contribution in [0.25, 0.3) is 0 Å². The Hall–Kier alpha value is -2.16. The highest BCUT2D eigenvalue weighted by Gasteiger charge is 2.36. The molecule has 286 valence electrons. The topological polar surface area (TPSA) is 49.4 Å². The molecular weight excluding hydrogens is 633 g/mol. The molecule has 3 saturated heterocycles. The second-order valence-corrected chi connectivity index (χ2v) is 15.8. The summed E-state index contributed by atoms with van der Waals surface area (Å²) >= 11 is 0. The predicted octanol–water partition coefficient (Wildman–Crippen LogP) is 7.91. The van der Waals surface area contributed by atoms with Crippen LogP contribution in [0.2, 0.25) is 0 Å². The van der Waals surface area contributed by atoms with E-state index >= 15 is 0 Å². The SMILES string of the molecule is CCN(CC)CC1(c2ccc(OCCCN3CCCC3)cc2)CCOCC1.CNCC1(c2ccc(OCCCN3CCCC3)cc2)CCCCC1. The minimum atomic E-state index is 0.221. The molecule has 3 aliphatic heterocycles. The van der Waals surface area contributed by atoms with Gasteiger partial charge in [0, 0.05) is 50.2 Å². The maximum Gasteiger partial charge on any atom is 0.119 e. The minimum Gasteiger partial charge on any atom is -0.494 e. The van der Waals surface area contributed by atoms with Crippen LogP contribution in [0.3, 0.4) is 0 Å². The average molecular weight is 705 g/mol. The number of likely N-dealkylation sites (N-methyl/N-ethyl adjacent to an activating group) is 2. The van der Waals surface area contributed by atoms with E-state index in [9.17, 15) is 0 Å². The molecule has 1 aliphatic carbocycles. The first-order chi connectivity index (χ1) is 25.1. The summed E-state index contributed by atoms with van der Waals surface area (Å²) in [7, 11) is 2.08. The highest BCUT2D eigenvalue weighted by atomic mass is 16.5. The van der Waals surface area contributed by atoms with E-state index in [1.165, 1.54) is 108 Å². The molecule has 2 aromatic rings. The van der Waals surface area contributed by atoms with Crippen LogP contribution in [0.15, 0.2) is 48.5 Å². The molecule has 7 nitrogen and oxygen atoms in total. The molecule has 0 amide bonds. The third-order valence-electron chi connectivity index (χ3n) is 12.3. The molecule has 0 spiro atoms. The second kappa shape index (κ2) is 21.5. The van der Waals surface area contributed by atoms with E-state index in [4.69, 9.17) is 14.2 Å². The van der Waals surface area contributed by atoms with Crippen LogP contribution in [-0.2, 0) is 15.6 Å². The standard InChI is InChI=1S/C23H38N2O2.C21H34N2O/c1-3-24(4-2)20-23(12-18-26-19-13-23)21-8-10-22(11-9-21)27-17-7-16-25-14-5-6-15-25;1-22-18-21(12-3-2-4-13-21)19-8-10-20(11-9-19)24-17-7-16-23-14-5-6-15-23/h8-11H,3-7,12-20H2,1-2H3;8-11,22H,2-7,12-18H2,1H3. The molecule has 0 aromatic heterocycles. The Morgan fingerprint density at radius 1 is 0.627 bits per heavy atom. The number of benzene rings is 2. The lowest BCUT2D eigenvalue weighted by Gasteiger charge is -2.41. The fraction of sp³-hybridized carbons (Fsp3) is 0.727. The second-order valence-electron chi connectivity index (χ2n) is 15.8. The van der Waals surface area contributed by atoms with Gasteiger partial charge in [-0.15, -0.1) is 0 Å². The van der Waals surface area contributed by atoms with Crippen molar-refractivity contribution in [3.63, 3.8) is 0 Å². The van der Waals surface area contributed by atoms with Crippen molar-refractivity contribution in [1.82, 2.24) is 20.0 Å². The highest BCUT2D eigenvalue weighted by molar-refractivity contribution is 5.34. The summed E-state index contributed by atoms with van der Waals surface area (Å²) in [6, 6.07) is 17.9. The zero-order valence-electron chi connectivity index (χ0n) is 32.8. The van der Waals surface area contributed by atoms with Crippen LogP contribution in [0.1, 0.15) is 108 Å². The Morgan fingerprint density at radius 3 is 1.55 bits per heavy atom. The summed E-state index contributed by atoms with van der Waals surface area (Å²) in [6.45, 7) is 19.8. The quantitative estimate of drug-likeness (QED) is 0.158. The van der Waals surface area contributed by atoms with Gasteiger partial charge in [0.1, 0.15) is 11.5 Å². The van der Waals surface area contributed by atoms with Crippen LogP contribution < -0.4 is 14.8 Å². The Balaban J connectivity index is 0.000000199. The van der Waals surface area contributed by atoms with Crippen molar-refractivity contribution in [1.29, 1.82) is 0 Å². The van der Waals surface area contributed by atoms with E-state index in [0.717, 1.165) is 89.8 Å². The molecule has 0 atom stereocenters.